The Morgan fingerprint density at radius 1 is 1.00 bits per heavy atom. The van der Waals surface area contributed by atoms with Gasteiger partial charge in [0.2, 0.25) is 0 Å². The number of aromatic nitrogens is 2. The van der Waals surface area contributed by atoms with Crippen LogP contribution in [0.15, 0.2) is 36.7 Å². The molecule has 0 aliphatic carbocycles. The zero-order valence-electron chi connectivity index (χ0n) is 8.57. The molecular weight excluding hydrogens is 231 g/mol. The Balaban J connectivity index is 2.65. The van der Waals surface area contributed by atoms with Crippen LogP contribution in [0.1, 0.15) is 5.56 Å². The Morgan fingerprint density at radius 2 is 1.65 bits per heavy atom. The molecular formula is C11H8F3N3. The third-order valence-electron chi connectivity index (χ3n) is 2.21. The molecule has 0 saturated heterocycles. The van der Waals surface area contributed by atoms with Crippen molar-refractivity contribution in [1.29, 1.82) is 0 Å². The average Bonchev–Trinajstić information content (AvgIpc) is 2.28. The Hall–Kier alpha value is -2.11. The summed E-state index contributed by atoms with van der Waals surface area (Å²) in [6.45, 7) is 0. The third kappa shape index (κ3) is 2.20. The van der Waals surface area contributed by atoms with E-state index in [2.05, 4.69) is 9.97 Å². The molecule has 1 aromatic carbocycles. The van der Waals surface area contributed by atoms with E-state index in [1.54, 1.807) is 0 Å². The lowest BCUT2D eigenvalue weighted by atomic mass is 10.0. The first kappa shape index (κ1) is 11.4. The van der Waals surface area contributed by atoms with Gasteiger partial charge >= 0.3 is 6.18 Å². The lowest BCUT2D eigenvalue weighted by molar-refractivity contribution is -0.137. The van der Waals surface area contributed by atoms with E-state index in [-0.39, 0.29) is 17.1 Å². The van der Waals surface area contributed by atoms with E-state index in [9.17, 15) is 13.2 Å². The predicted octanol–water partition coefficient (Wildman–Crippen LogP) is 2.74. The van der Waals surface area contributed by atoms with Crippen molar-refractivity contribution in [2.24, 2.45) is 0 Å². The van der Waals surface area contributed by atoms with Crippen LogP contribution in [0, 0.1) is 0 Å². The molecule has 0 radical (unpaired) electrons. The van der Waals surface area contributed by atoms with Crippen molar-refractivity contribution in [1.82, 2.24) is 9.97 Å². The Labute approximate surface area is 95.1 Å². The molecule has 0 atom stereocenters. The topological polar surface area (TPSA) is 51.8 Å². The minimum atomic E-state index is -4.44. The van der Waals surface area contributed by atoms with E-state index in [1.165, 1.54) is 30.6 Å². The van der Waals surface area contributed by atoms with Crippen molar-refractivity contribution in [3.05, 3.63) is 42.2 Å². The van der Waals surface area contributed by atoms with Gasteiger partial charge in [-0.2, -0.15) is 13.2 Å². The number of nitrogens with two attached hydrogens (primary N) is 1. The molecule has 0 unspecified atom stereocenters. The highest BCUT2D eigenvalue weighted by Gasteiger charge is 2.34. The van der Waals surface area contributed by atoms with Gasteiger partial charge in [0, 0.05) is 18.0 Å². The monoisotopic (exact) mass is 239 g/mol. The summed E-state index contributed by atoms with van der Waals surface area (Å²) >= 11 is 0. The van der Waals surface area contributed by atoms with Crippen molar-refractivity contribution in [3.63, 3.8) is 0 Å². The van der Waals surface area contributed by atoms with Gasteiger partial charge < -0.3 is 5.73 Å². The van der Waals surface area contributed by atoms with Crippen molar-refractivity contribution in [2.75, 3.05) is 5.73 Å². The Kier molecular flexibility index (Phi) is 2.71. The van der Waals surface area contributed by atoms with E-state index in [0.29, 0.717) is 0 Å². The van der Waals surface area contributed by atoms with E-state index < -0.39 is 11.7 Å². The zero-order chi connectivity index (χ0) is 12.5. The molecule has 0 bridgehead atoms. The number of hydrogen-bond acceptors (Lipinski definition) is 3. The van der Waals surface area contributed by atoms with Gasteiger partial charge in [-0.15, -0.1) is 0 Å². The van der Waals surface area contributed by atoms with Crippen molar-refractivity contribution in [3.8, 4) is 11.3 Å². The number of alkyl halides is 3. The average molecular weight is 239 g/mol. The molecule has 0 fully saturated rings. The van der Waals surface area contributed by atoms with Gasteiger partial charge in [0.15, 0.2) is 0 Å². The summed E-state index contributed by atoms with van der Waals surface area (Å²) in [7, 11) is 0. The van der Waals surface area contributed by atoms with Gasteiger partial charge in [0.25, 0.3) is 0 Å². The Bertz CT molecular complexity index is 537. The van der Waals surface area contributed by atoms with Crippen LogP contribution in [0.3, 0.4) is 0 Å². The molecule has 88 valence electrons. The summed E-state index contributed by atoms with van der Waals surface area (Å²) in [6, 6.07) is 5.13. The maximum absolute atomic E-state index is 12.8. The maximum atomic E-state index is 12.8. The summed E-state index contributed by atoms with van der Waals surface area (Å²) in [4.78, 5) is 7.56. The minimum absolute atomic E-state index is 0.0239. The minimum Gasteiger partial charge on any atom is -0.382 e. The molecule has 1 heterocycles. The van der Waals surface area contributed by atoms with Gasteiger partial charge in [-0.3, -0.25) is 4.98 Å². The Morgan fingerprint density at radius 3 is 2.29 bits per heavy atom. The molecule has 0 aliphatic heterocycles. The van der Waals surface area contributed by atoms with Crippen LogP contribution in [0.25, 0.3) is 11.3 Å². The molecule has 0 amide bonds. The van der Waals surface area contributed by atoms with Crippen LogP contribution in [0.4, 0.5) is 19.0 Å². The fourth-order valence-electron chi connectivity index (χ4n) is 1.49. The highest BCUT2D eigenvalue weighted by molar-refractivity contribution is 5.72. The molecule has 2 rings (SSSR count). The number of nitrogen functional groups attached to an aromatic ring is 1. The van der Waals surface area contributed by atoms with Gasteiger partial charge in [-0.1, -0.05) is 18.2 Å². The lowest BCUT2D eigenvalue weighted by Gasteiger charge is -2.12. The number of anilines is 1. The molecule has 3 nitrogen and oxygen atoms in total. The number of rotatable bonds is 1. The molecule has 0 saturated carbocycles. The van der Waals surface area contributed by atoms with Gasteiger partial charge in [-0.05, 0) is 6.07 Å². The van der Waals surface area contributed by atoms with Crippen molar-refractivity contribution < 1.29 is 13.2 Å². The number of nitrogens with zero attached hydrogens (tertiary/aromatic N) is 2. The first-order valence-corrected chi connectivity index (χ1v) is 4.73. The van der Waals surface area contributed by atoms with Gasteiger partial charge in [0.1, 0.15) is 11.5 Å². The van der Waals surface area contributed by atoms with E-state index >= 15 is 0 Å². The predicted molar refractivity (Wildman–Crippen MR) is 56.9 cm³/mol. The summed E-state index contributed by atoms with van der Waals surface area (Å²) in [5.74, 6) is -0.0239. The maximum Gasteiger partial charge on any atom is 0.417 e. The van der Waals surface area contributed by atoms with Crippen LogP contribution in [-0.4, -0.2) is 9.97 Å². The largest absolute Gasteiger partial charge is 0.417 e. The van der Waals surface area contributed by atoms with Crippen LogP contribution in [-0.2, 0) is 6.18 Å². The normalized spacial score (nSPS) is 11.5. The fourth-order valence-corrected chi connectivity index (χ4v) is 1.49. The second-order valence-corrected chi connectivity index (χ2v) is 3.33. The molecule has 2 aromatic rings. The fraction of sp³-hybridized carbons (Fsp3) is 0.0909. The van der Waals surface area contributed by atoms with Gasteiger partial charge in [0.05, 0.1) is 5.56 Å². The lowest BCUT2D eigenvalue weighted by Crippen LogP contribution is -2.08. The molecule has 6 heteroatoms. The molecule has 0 spiro atoms. The molecule has 17 heavy (non-hydrogen) atoms. The summed E-state index contributed by atoms with van der Waals surface area (Å²) in [6.07, 6.45) is -1.81. The molecule has 0 aliphatic rings. The third-order valence-corrected chi connectivity index (χ3v) is 2.21. The highest BCUT2D eigenvalue weighted by Crippen LogP contribution is 2.37. The highest BCUT2D eigenvalue weighted by atomic mass is 19.4. The van der Waals surface area contributed by atoms with E-state index in [0.717, 1.165) is 6.07 Å². The summed E-state index contributed by atoms with van der Waals surface area (Å²) < 4.78 is 38.3. The quantitative estimate of drug-likeness (QED) is 0.832. The van der Waals surface area contributed by atoms with Crippen molar-refractivity contribution in [2.45, 2.75) is 6.18 Å². The van der Waals surface area contributed by atoms with Crippen LogP contribution >= 0.6 is 0 Å². The zero-order valence-corrected chi connectivity index (χ0v) is 8.57. The van der Waals surface area contributed by atoms with E-state index in [1.807, 2.05) is 0 Å². The van der Waals surface area contributed by atoms with Crippen LogP contribution in [0.5, 0.6) is 0 Å². The SMILES string of the molecule is Nc1nccnc1-c1ccccc1C(F)(F)F. The standard InChI is InChI=1S/C11H8F3N3/c12-11(13,14)8-4-2-1-3-7(8)9-10(15)17-6-5-16-9/h1-6H,(H2,15,17). The second-order valence-electron chi connectivity index (χ2n) is 3.33. The first-order valence-electron chi connectivity index (χ1n) is 4.73. The second kappa shape index (κ2) is 4.04. The number of benzene rings is 1. The summed E-state index contributed by atoms with van der Waals surface area (Å²) in [5.41, 5.74) is 4.73. The number of hydrogen-bond donors (Lipinski definition) is 1. The first-order chi connectivity index (χ1) is 8.00. The smallest absolute Gasteiger partial charge is 0.382 e. The molecule has 2 N–H and O–H groups in total. The number of halogens is 3. The van der Waals surface area contributed by atoms with E-state index in [4.69, 9.17) is 5.73 Å². The summed E-state index contributed by atoms with van der Waals surface area (Å²) in [5, 5.41) is 0. The van der Waals surface area contributed by atoms with Gasteiger partial charge in [-0.25, -0.2) is 4.98 Å². The van der Waals surface area contributed by atoms with Crippen LogP contribution in [0.2, 0.25) is 0 Å². The molecule has 1 aromatic heterocycles. The van der Waals surface area contributed by atoms with Crippen LogP contribution < -0.4 is 5.73 Å². The van der Waals surface area contributed by atoms with Crippen molar-refractivity contribution >= 4 is 5.82 Å².